The Balaban J connectivity index is 2.54. The first-order chi connectivity index (χ1) is 9.67. The zero-order valence-corrected chi connectivity index (χ0v) is 12.8. The van der Waals surface area contributed by atoms with Crippen molar-refractivity contribution in [2.24, 2.45) is 5.73 Å². The average molecular weight is 292 g/mol. The van der Waals surface area contributed by atoms with Crippen molar-refractivity contribution in [3.05, 3.63) is 29.8 Å². The molecule has 4 N–H and O–H groups in total. The first kappa shape index (κ1) is 17.2. The third-order valence-electron chi connectivity index (χ3n) is 3.24. The molecular formula is C16H24N2O3. The highest BCUT2D eigenvalue weighted by molar-refractivity contribution is 5.90. The number of amides is 1. The van der Waals surface area contributed by atoms with E-state index in [2.05, 4.69) is 5.32 Å². The summed E-state index contributed by atoms with van der Waals surface area (Å²) >= 11 is 0. The Labute approximate surface area is 125 Å². The molecule has 0 fully saturated rings. The number of nitrogens with two attached hydrogens (primary N) is 1. The summed E-state index contributed by atoms with van der Waals surface area (Å²) in [5.74, 6) is -0.936. The molecule has 1 amide bonds. The van der Waals surface area contributed by atoms with Gasteiger partial charge in [0.25, 0.3) is 0 Å². The molecule has 0 aromatic heterocycles. The topological polar surface area (TPSA) is 92.4 Å². The van der Waals surface area contributed by atoms with Crippen LogP contribution in [0, 0.1) is 0 Å². The number of carbonyl (C=O) groups is 2. The average Bonchev–Trinajstić information content (AvgIpc) is 2.35. The van der Waals surface area contributed by atoms with Crippen LogP contribution < -0.4 is 11.1 Å². The number of rotatable bonds is 7. The second-order valence-electron chi connectivity index (χ2n) is 6.16. The molecule has 1 aromatic rings. The molecule has 116 valence electrons. The number of benzene rings is 1. The third-order valence-corrected chi connectivity index (χ3v) is 3.24. The largest absolute Gasteiger partial charge is 0.481 e. The van der Waals surface area contributed by atoms with Gasteiger partial charge >= 0.3 is 5.97 Å². The molecule has 1 atom stereocenters. The summed E-state index contributed by atoms with van der Waals surface area (Å²) in [4.78, 5) is 22.5. The van der Waals surface area contributed by atoms with E-state index in [4.69, 9.17) is 10.8 Å². The normalized spacial score (nSPS) is 12.8. The van der Waals surface area contributed by atoms with Crippen molar-refractivity contribution in [2.45, 2.75) is 51.5 Å². The predicted molar refractivity (Wildman–Crippen MR) is 83.2 cm³/mol. The van der Waals surface area contributed by atoms with Gasteiger partial charge in [-0.15, -0.1) is 0 Å². The minimum atomic E-state index is -0.815. The lowest BCUT2D eigenvalue weighted by Gasteiger charge is -2.17. The summed E-state index contributed by atoms with van der Waals surface area (Å²) in [7, 11) is 0. The van der Waals surface area contributed by atoms with Crippen LogP contribution in [0.25, 0.3) is 0 Å². The van der Waals surface area contributed by atoms with Crippen molar-refractivity contribution in [3.63, 3.8) is 0 Å². The van der Waals surface area contributed by atoms with E-state index in [0.29, 0.717) is 18.5 Å². The van der Waals surface area contributed by atoms with Crippen molar-refractivity contribution >= 4 is 17.6 Å². The van der Waals surface area contributed by atoms with Crippen LogP contribution in [0.3, 0.4) is 0 Å². The Bertz CT molecular complexity index is 489. The van der Waals surface area contributed by atoms with Gasteiger partial charge in [0.1, 0.15) is 0 Å². The monoisotopic (exact) mass is 292 g/mol. The van der Waals surface area contributed by atoms with Gasteiger partial charge in [-0.05, 0) is 43.9 Å². The van der Waals surface area contributed by atoms with E-state index in [0.717, 1.165) is 5.56 Å². The Kier molecular flexibility index (Phi) is 5.90. The van der Waals surface area contributed by atoms with Gasteiger partial charge in [0.2, 0.25) is 5.91 Å². The number of carboxylic acid groups (broad SMARTS) is 1. The molecule has 0 bridgehead atoms. The Hall–Kier alpha value is -1.88. The summed E-state index contributed by atoms with van der Waals surface area (Å²) in [5.41, 5.74) is 7.14. The Morgan fingerprint density at radius 1 is 1.29 bits per heavy atom. The van der Waals surface area contributed by atoms with Crippen LogP contribution in [0.2, 0.25) is 0 Å². The number of anilines is 1. The van der Waals surface area contributed by atoms with Crippen molar-refractivity contribution in [3.8, 4) is 0 Å². The lowest BCUT2D eigenvalue weighted by atomic mass is 9.97. The number of carbonyl (C=O) groups excluding carboxylic acids is 1. The molecule has 21 heavy (non-hydrogen) atoms. The number of aliphatic carboxylic acids is 1. The fourth-order valence-electron chi connectivity index (χ4n) is 1.93. The van der Waals surface area contributed by atoms with Gasteiger partial charge in [-0.3, -0.25) is 9.59 Å². The molecule has 0 heterocycles. The van der Waals surface area contributed by atoms with Gasteiger partial charge in [0.15, 0.2) is 0 Å². The van der Waals surface area contributed by atoms with E-state index in [1.165, 1.54) is 0 Å². The molecule has 0 saturated heterocycles. The van der Waals surface area contributed by atoms with Gasteiger partial charge in [-0.2, -0.15) is 0 Å². The van der Waals surface area contributed by atoms with Crippen molar-refractivity contribution in [1.82, 2.24) is 0 Å². The highest BCUT2D eigenvalue weighted by Crippen LogP contribution is 2.21. The minimum Gasteiger partial charge on any atom is -0.481 e. The molecule has 0 radical (unpaired) electrons. The van der Waals surface area contributed by atoms with Crippen LogP contribution in [0.1, 0.15) is 51.5 Å². The molecule has 1 unspecified atom stereocenters. The second kappa shape index (κ2) is 7.22. The van der Waals surface area contributed by atoms with E-state index in [9.17, 15) is 9.59 Å². The van der Waals surface area contributed by atoms with Gasteiger partial charge in [0.05, 0.1) is 6.42 Å². The smallest absolute Gasteiger partial charge is 0.303 e. The van der Waals surface area contributed by atoms with Gasteiger partial charge in [-0.25, -0.2) is 0 Å². The maximum Gasteiger partial charge on any atom is 0.303 e. The van der Waals surface area contributed by atoms with E-state index in [1.807, 2.05) is 32.9 Å². The number of hydrogen-bond donors (Lipinski definition) is 3. The molecule has 1 rings (SSSR count). The molecule has 0 aliphatic heterocycles. The predicted octanol–water partition coefficient (Wildman–Crippen LogP) is 2.72. The zero-order valence-electron chi connectivity index (χ0n) is 12.8. The van der Waals surface area contributed by atoms with E-state index < -0.39 is 5.97 Å². The van der Waals surface area contributed by atoms with E-state index in [1.54, 1.807) is 12.1 Å². The van der Waals surface area contributed by atoms with Crippen molar-refractivity contribution in [2.75, 3.05) is 5.32 Å². The summed E-state index contributed by atoms with van der Waals surface area (Å²) in [6.45, 7) is 5.64. The number of hydrogen-bond acceptors (Lipinski definition) is 3. The standard InChI is InChI=1S/C16H24N2O3/c1-11(10-15(20)21)12-4-6-13(7-5-12)18-14(19)8-9-16(2,3)17/h4-7,11H,8-10,17H2,1-3H3,(H,18,19)(H,20,21). The first-order valence-electron chi connectivity index (χ1n) is 7.08. The van der Waals surface area contributed by atoms with Crippen LogP contribution in [0.4, 0.5) is 5.69 Å². The van der Waals surface area contributed by atoms with Crippen LogP contribution >= 0.6 is 0 Å². The summed E-state index contributed by atoms with van der Waals surface area (Å²) in [5, 5.41) is 11.6. The molecule has 5 heteroatoms. The van der Waals surface area contributed by atoms with Crippen molar-refractivity contribution < 1.29 is 14.7 Å². The minimum absolute atomic E-state index is 0.0507. The van der Waals surface area contributed by atoms with Crippen LogP contribution in [-0.2, 0) is 9.59 Å². The summed E-state index contributed by atoms with van der Waals surface area (Å²) in [6, 6.07) is 7.27. The number of carboxylic acids is 1. The lowest BCUT2D eigenvalue weighted by molar-refractivity contribution is -0.137. The van der Waals surface area contributed by atoms with E-state index in [-0.39, 0.29) is 23.8 Å². The van der Waals surface area contributed by atoms with Gasteiger partial charge in [0, 0.05) is 17.6 Å². The van der Waals surface area contributed by atoms with E-state index >= 15 is 0 Å². The van der Waals surface area contributed by atoms with Gasteiger partial charge in [-0.1, -0.05) is 19.1 Å². The molecule has 5 nitrogen and oxygen atoms in total. The maximum atomic E-state index is 11.8. The fourth-order valence-corrected chi connectivity index (χ4v) is 1.93. The summed E-state index contributed by atoms with van der Waals surface area (Å²) in [6.07, 6.45) is 1.09. The zero-order chi connectivity index (χ0) is 16.0. The van der Waals surface area contributed by atoms with Crippen molar-refractivity contribution in [1.29, 1.82) is 0 Å². The van der Waals surface area contributed by atoms with Crippen LogP contribution in [0.5, 0.6) is 0 Å². The SMILES string of the molecule is CC(CC(=O)O)c1ccc(NC(=O)CCC(C)(C)N)cc1. The third kappa shape index (κ3) is 6.90. The quantitative estimate of drug-likeness (QED) is 0.720. The molecule has 0 saturated carbocycles. The highest BCUT2D eigenvalue weighted by Gasteiger charge is 2.14. The molecule has 0 spiro atoms. The summed E-state index contributed by atoms with van der Waals surface area (Å²) < 4.78 is 0. The molecule has 0 aliphatic carbocycles. The highest BCUT2D eigenvalue weighted by atomic mass is 16.4. The Morgan fingerprint density at radius 2 is 1.86 bits per heavy atom. The molecule has 0 aliphatic rings. The maximum absolute atomic E-state index is 11.8. The second-order valence-corrected chi connectivity index (χ2v) is 6.16. The number of nitrogens with one attached hydrogen (secondary N) is 1. The first-order valence-corrected chi connectivity index (χ1v) is 7.08. The Morgan fingerprint density at radius 3 is 2.33 bits per heavy atom. The fraction of sp³-hybridized carbons (Fsp3) is 0.500. The molecular weight excluding hydrogens is 268 g/mol. The molecule has 1 aromatic carbocycles. The lowest BCUT2D eigenvalue weighted by Crippen LogP contribution is -2.33. The van der Waals surface area contributed by atoms with Crippen LogP contribution in [0.15, 0.2) is 24.3 Å². The van der Waals surface area contributed by atoms with Gasteiger partial charge < -0.3 is 16.2 Å². The van der Waals surface area contributed by atoms with Crippen LogP contribution in [-0.4, -0.2) is 22.5 Å².